The lowest BCUT2D eigenvalue weighted by atomic mass is 9.85. The van der Waals surface area contributed by atoms with Crippen LogP contribution in [-0.2, 0) is 19.2 Å². The number of carbonyl (C=O) groups is 4. The van der Waals surface area contributed by atoms with E-state index in [0.29, 0.717) is 25.9 Å². The number of benzene rings is 1. The first kappa shape index (κ1) is 28.6. The number of amides is 4. The number of nitrogens with zero attached hydrogens (tertiary/aromatic N) is 1. The predicted octanol–water partition coefficient (Wildman–Crippen LogP) is 1.81. The Morgan fingerprint density at radius 2 is 1.82 bits per heavy atom. The monoisotopic (exact) mass is 552 g/mol. The second-order valence-electron chi connectivity index (χ2n) is 14.0. The van der Waals surface area contributed by atoms with Gasteiger partial charge in [0.25, 0.3) is 0 Å². The van der Waals surface area contributed by atoms with Gasteiger partial charge in [0.05, 0.1) is 12.6 Å². The highest BCUT2D eigenvalue weighted by molar-refractivity contribution is 5.95. The minimum absolute atomic E-state index is 0.00721. The molecule has 40 heavy (non-hydrogen) atoms. The quantitative estimate of drug-likeness (QED) is 0.372. The summed E-state index contributed by atoms with van der Waals surface area (Å²) in [5, 5.41) is 18.8. The van der Waals surface area contributed by atoms with Crippen molar-refractivity contribution >= 4 is 23.6 Å². The van der Waals surface area contributed by atoms with Crippen LogP contribution in [0.25, 0.3) is 0 Å². The fraction of sp³-hybridized carbons (Fsp3) is 0.677. The number of nitrogens with one attached hydrogen (secondary N) is 3. The summed E-state index contributed by atoms with van der Waals surface area (Å²) in [4.78, 5) is 54.9. The van der Waals surface area contributed by atoms with Gasteiger partial charge in [-0.15, -0.1) is 0 Å². The first-order valence-corrected chi connectivity index (χ1v) is 14.7. The summed E-state index contributed by atoms with van der Waals surface area (Å²) >= 11 is 0. The van der Waals surface area contributed by atoms with Gasteiger partial charge in [0, 0.05) is 24.9 Å². The highest BCUT2D eigenvalue weighted by Gasteiger charge is 2.70. The fourth-order valence-corrected chi connectivity index (χ4v) is 7.11. The molecule has 0 bridgehead atoms. The molecule has 1 aromatic rings. The average molecular weight is 553 g/mol. The Bertz CT molecular complexity index is 1160. The third kappa shape index (κ3) is 5.37. The Kier molecular flexibility index (Phi) is 7.48. The Morgan fingerprint density at radius 1 is 1.12 bits per heavy atom. The number of piperidine rings is 1. The number of carbonyl (C=O) groups excluding carboxylic acids is 4. The molecule has 9 nitrogen and oxygen atoms in total. The van der Waals surface area contributed by atoms with Crippen LogP contribution in [-0.4, -0.2) is 71.5 Å². The number of aliphatic hydroxyl groups is 1. The molecular formula is C31H44N4O5. The first-order valence-electron chi connectivity index (χ1n) is 14.7. The van der Waals surface area contributed by atoms with Crippen molar-refractivity contribution in [2.45, 2.75) is 77.9 Å². The van der Waals surface area contributed by atoms with Crippen LogP contribution in [0, 0.1) is 34.5 Å². The highest BCUT2D eigenvalue weighted by atomic mass is 16.3. The number of fused-ring (bicyclic) bond motifs is 1. The zero-order chi connectivity index (χ0) is 29.0. The molecule has 2 aliphatic heterocycles. The second-order valence-corrected chi connectivity index (χ2v) is 14.0. The van der Waals surface area contributed by atoms with Crippen LogP contribution in [0.2, 0.25) is 0 Å². The summed E-state index contributed by atoms with van der Waals surface area (Å²) in [5.41, 5.74) is 0.501. The minimum atomic E-state index is -0.774. The number of hydrogen-bond acceptors (Lipinski definition) is 5. The molecule has 4 aliphatic rings. The normalized spacial score (nSPS) is 31.6. The molecule has 2 aliphatic carbocycles. The molecule has 0 aromatic heterocycles. The second kappa shape index (κ2) is 10.5. The molecule has 2 saturated heterocycles. The molecule has 4 fully saturated rings. The average Bonchev–Trinajstić information content (AvgIpc) is 3.66. The molecule has 4 N–H and O–H groups in total. The molecule has 5 rings (SSSR count). The number of rotatable bonds is 9. The molecule has 8 atom stereocenters. The van der Waals surface area contributed by atoms with Crippen LogP contribution in [0.4, 0.5) is 0 Å². The van der Waals surface area contributed by atoms with Gasteiger partial charge in [0.15, 0.2) is 0 Å². The van der Waals surface area contributed by atoms with Crippen LogP contribution in [0.5, 0.6) is 0 Å². The van der Waals surface area contributed by atoms with Gasteiger partial charge in [0.2, 0.25) is 23.6 Å². The van der Waals surface area contributed by atoms with E-state index in [4.69, 9.17) is 0 Å². The molecular weight excluding hydrogens is 508 g/mol. The smallest absolute Gasteiger partial charge is 0.246 e. The maximum Gasteiger partial charge on any atom is 0.246 e. The third-order valence-corrected chi connectivity index (χ3v) is 9.81. The Hall–Kier alpha value is -2.94. The zero-order valence-electron chi connectivity index (χ0n) is 24.3. The molecule has 2 saturated carbocycles. The third-order valence-electron chi connectivity index (χ3n) is 9.81. The van der Waals surface area contributed by atoms with Crippen molar-refractivity contribution < 1.29 is 24.3 Å². The summed E-state index contributed by atoms with van der Waals surface area (Å²) in [6, 6.07) is 7.94. The van der Waals surface area contributed by atoms with Gasteiger partial charge >= 0.3 is 0 Å². The van der Waals surface area contributed by atoms with Gasteiger partial charge in [-0.2, -0.15) is 0 Å². The summed E-state index contributed by atoms with van der Waals surface area (Å²) < 4.78 is 0. The van der Waals surface area contributed by atoms with Crippen molar-refractivity contribution in [3.63, 3.8) is 0 Å². The van der Waals surface area contributed by atoms with Crippen molar-refractivity contribution in [2.75, 3.05) is 19.7 Å². The van der Waals surface area contributed by atoms with E-state index in [1.54, 1.807) is 4.90 Å². The molecule has 0 radical (unpaired) electrons. The van der Waals surface area contributed by atoms with Gasteiger partial charge in [-0.3, -0.25) is 19.2 Å². The zero-order valence-corrected chi connectivity index (χ0v) is 24.3. The molecule has 2 heterocycles. The van der Waals surface area contributed by atoms with Crippen LogP contribution < -0.4 is 16.0 Å². The van der Waals surface area contributed by atoms with E-state index in [1.807, 2.05) is 51.1 Å². The van der Waals surface area contributed by atoms with E-state index in [2.05, 4.69) is 29.8 Å². The Labute approximate surface area is 236 Å². The topological polar surface area (TPSA) is 128 Å². The van der Waals surface area contributed by atoms with Gasteiger partial charge in [-0.25, -0.2) is 0 Å². The summed E-state index contributed by atoms with van der Waals surface area (Å²) in [6.45, 7) is 10.8. The summed E-state index contributed by atoms with van der Waals surface area (Å²) in [7, 11) is 0. The van der Waals surface area contributed by atoms with Gasteiger partial charge in [-0.1, -0.05) is 65.0 Å². The van der Waals surface area contributed by atoms with E-state index in [0.717, 1.165) is 12.0 Å². The minimum Gasteiger partial charge on any atom is -0.394 e. The van der Waals surface area contributed by atoms with Gasteiger partial charge in [-0.05, 0) is 53.4 Å². The van der Waals surface area contributed by atoms with Crippen LogP contribution in [0.3, 0.4) is 0 Å². The van der Waals surface area contributed by atoms with Crippen molar-refractivity contribution in [3.8, 4) is 0 Å². The lowest BCUT2D eigenvalue weighted by Crippen LogP contribution is -2.60. The van der Waals surface area contributed by atoms with Crippen molar-refractivity contribution in [3.05, 3.63) is 35.9 Å². The first-order chi connectivity index (χ1) is 18.8. The van der Waals surface area contributed by atoms with Crippen LogP contribution in [0.1, 0.15) is 65.4 Å². The standard InChI is InChI=1S/C31H44N4O5/c1-30(2,3)25(34-27(38)21-14-20(21)17-9-7-6-8-10-17)29(40)35-15-22-23(31(22,4)5)24(35)28(39)33-19(16-36)13-18-11-12-32-26(18)37/h6-10,18-25,36H,11-16H2,1-5H3,(H,32,37)(H,33,39)(H,34,38)/t18-,19-,20-,21+,22-,23-,24-,25?/m0/s1. The number of likely N-dealkylation sites (tertiary alicyclic amines) is 1. The van der Waals surface area contributed by atoms with E-state index < -0.39 is 23.5 Å². The number of aliphatic hydroxyl groups excluding tert-OH is 1. The largest absolute Gasteiger partial charge is 0.394 e. The van der Waals surface area contributed by atoms with E-state index >= 15 is 0 Å². The Morgan fingerprint density at radius 3 is 2.42 bits per heavy atom. The maximum atomic E-state index is 14.1. The van der Waals surface area contributed by atoms with E-state index in [1.165, 1.54) is 0 Å². The number of hydrogen-bond donors (Lipinski definition) is 4. The predicted molar refractivity (Wildman–Crippen MR) is 150 cm³/mol. The molecule has 4 amide bonds. The molecule has 1 aromatic carbocycles. The van der Waals surface area contributed by atoms with Crippen molar-refractivity contribution in [2.24, 2.45) is 34.5 Å². The van der Waals surface area contributed by atoms with Gasteiger partial charge in [0.1, 0.15) is 12.1 Å². The van der Waals surface area contributed by atoms with Gasteiger partial charge < -0.3 is 26.0 Å². The summed E-state index contributed by atoms with van der Waals surface area (Å²) in [6.07, 6.45) is 1.79. The van der Waals surface area contributed by atoms with Crippen molar-refractivity contribution in [1.82, 2.24) is 20.9 Å². The lowest BCUT2D eigenvalue weighted by molar-refractivity contribution is -0.146. The van der Waals surface area contributed by atoms with Crippen LogP contribution >= 0.6 is 0 Å². The molecule has 218 valence electrons. The van der Waals surface area contributed by atoms with E-state index in [-0.39, 0.29) is 65.2 Å². The maximum absolute atomic E-state index is 14.1. The Balaban J connectivity index is 1.29. The van der Waals surface area contributed by atoms with Crippen LogP contribution in [0.15, 0.2) is 30.3 Å². The highest BCUT2D eigenvalue weighted by Crippen LogP contribution is 2.65. The summed E-state index contributed by atoms with van der Waals surface area (Å²) in [5.74, 6) is -0.755. The molecule has 9 heteroatoms. The lowest BCUT2D eigenvalue weighted by Gasteiger charge is -2.38. The SMILES string of the molecule is CC(C)(C)C(NC(=O)[C@@H]1C[C@H]1c1ccccc1)C(=O)N1C[C@H]2[C@@H]([C@H]1C(=O)N[C@H](CO)C[C@@H]1CCNC1=O)C2(C)C. The molecule has 1 unspecified atom stereocenters. The van der Waals surface area contributed by atoms with Crippen molar-refractivity contribution in [1.29, 1.82) is 0 Å². The molecule has 0 spiro atoms. The fourth-order valence-electron chi connectivity index (χ4n) is 7.11. The van der Waals surface area contributed by atoms with E-state index in [9.17, 15) is 24.3 Å².